The summed E-state index contributed by atoms with van der Waals surface area (Å²) >= 11 is 0. The van der Waals surface area contributed by atoms with Gasteiger partial charge in [-0.15, -0.1) is 0 Å². The van der Waals surface area contributed by atoms with E-state index < -0.39 is 6.03 Å². The first-order chi connectivity index (χ1) is 6.84. The van der Waals surface area contributed by atoms with Crippen LogP contribution in [0, 0.1) is 17.8 Å². The van der Waals surface area contributed by atoms with Gasteiger partial charge in [0.25, 0.3) is 0 Å². The third-order valence-electron chi connectivity index (χ3n) is 2.99. The SMILES string of the molecule is CC1CCC(C(C)C)C(O)C1.NC(N)=O. The van der Waals surface area contributed by atoms with Crippen molar-refractivity contribution < 1.29 is 9.90 Å². The van der Waals surface area contributed by atoms with E-state index in [1.807, 2.05) is 0 Å². The van der Waals surface area contributed by atoms with Crippen molar-refractivity contribution in [2.24, 2.45) is 29.2 Å². The smallest absolute Gasteiger partial charge is 0.309 e. The molecule has 1 aliphatic carbocycles. The molecule has 4 nitrogen and oxygen atoms in total. The summed E-state index contributed by atoms with van der Waals surface area (Å²) in [4.78, 5) is 9.00. The van der Waals surface area contributed by atoms with E-state index in [2.05, 4.69) is 32.2 Å². The average molecular weight is 216 g/mol. The van der Waals surface area contributed by atoms with Crippen LogP contribution in [0.2, 0.25) is 0 Å². The Morgan fingerprint density at radius 3 is 2.13 bits per heavy atom. The van der Waals surface area contributed by atoms with Gasteiger partial charge < -0.3 is 16.6 Å². The van der Waals surface area contributed by atoms with Crippen molar-refractivity contribution >= 4 is 6.03 Å². The molecule has 1 saturated carbocycles. The van der Waals surface area contributed by atoms with Gasteiger partial charge in [-0.05, 0) is 30.6 Å². The second-order valence-electron chi connectivity index (χ2n) is 4.80. The van der Waals surface area contributed by atoms with Crippen LogP contribution in [0.5, 0.6) is 0 Å². The van der Waals surface area contributed by atoms with Gasteiger partial charge in [-0.25, -0.2) is 4.79 Å². The first-order valence-corrected chi connectivity index (χ1v) is 5.57. The number of carbonyl (C=O) groups is 1. The number of aliphatic hydroxyl groups is 1. The fourth-order valence-corrected chi connectivity index (χ4v) is 2.15. The Kier molecular flexibility index (Phi) is 6.32. The lowest BCUT2D eigenvalue weighted by molar-refractivity contribution is 0.0266. The van der Waals surface area contributed by atoms with Crippen molar-refractivity contribution in [1.29, 1.82) is 0 Å². The number of rotatable bonds is 1. The van der Waals surface area contributed by atoms with E-state index in [4.69, 9.17) is 4.79 Å². The zero-order valence-corrected chi connectivity index (χ0v) is 9.94. The van der Waals surface area contributed by atoms with Gasteiger partial charge in [-0.1, -0.05) is 27.2 Å². The molecule has 1 fully saturated rings. The highest BCUT2D eigenvalue weighted by Crippen LogP contribution is 2.33. The van der Waals surface area contributed by atoms with Crippen molar-refractivity contribution in [3.63, 3.8) is 0 Å². The Balaban J connectivity index is 0.000000423. The number of amides is 2. The molecule has 4 heteroatoms. The van der Waals surface area contributed by atoms with Crippen molar-refractivity contribution in [3.05, 3.63) is 0 Å². The quantitative estimate of drug-likeness (QED) is 0.619. The van der Waals surface area contributed by atoms with Crippen LogP contribution in [0.25, 0.3) is 0 Å². The highest BCUT2D eigenvalue weighted by atomic mass is 16.3. The third kappa shape index (κ3) is 6.33. The van der Waals surface area contributed by atoms with Crippen LogP contribution >= 0.6 is 0 Å². The summed E-state index contributed by atoms with van der Waals surface area (Å²) in [5, 5.41) is 9.71. The molecule has 1 rings (SSSR count). The topological polar surface area (TPSA) is 89.3 Å². The molecule has 3 unspecified atom stereocenters. The number of hydrogen-bond donors (Lipinski definition) is 3. The van der Waals surface area contributed by atoms with Gasteiger partial charge in [0.2, 0.25) is 0 Å². The summed E-state index contributed by atoms with van der Waals surface area (Å²) in [7, 11) is 0. The van der Waals surface area contributed by atoms with Crippen LogP contribution in [-0.4, -0.2) is 17.2 Å². The number of aliphatic hydroxyl groups excluding tert-OH is 1. The predicted molar refractivity (Wildman–Crippen MR) is 61.1 cm³/mol. The zero-order valence-electron chi connectivity index (χ0n) is 9.94. The summed E-state index contributed by atoms with van der Waals surface area (Å²) in [6.45, 7) is 6.66. The van der Waals surface area contributed by atoms with Gasteiger partial charge in [0.15, 0.2) is 0 Å². The van der Waals surface area contributed by atoms with Crippen molar-refractivity contribution in [1.82, 2.24) is 0 Å². The molecule has 0 radical (unpaired) electrons. The van der Waals surface area contributed by atoms with Gasteiger partial charge in [-0.2, -0.15) is 0 Å². The van der Waals surface area contributed by atoms with E-state index in [0.29, 0.717) is 11.8 Å². The lowest BCUT2D eigenvalue weighted by Gasteiger charge is -2.33. The summed E-state index contributed by atoms with van der Waals surface area (Å²) in [6.07, 6.45) is 3.52. The van der Waals surface area contributed by atoms with Crippen molar-refractivity contribution in [2.45, 2.75) is 46.1 Å². The summed E-state index contributed by atoms with van der Waals surface area (Å²) in [5.41, 5.74) is 8.50. The molecule has 90 valence electrons. The highest BCUT2D eigenvalue weighted by molar-refractivity contribution is 5.69. The first-order valence-electron chi connectivity index (χ1n) is 5.57. The van der Waals surface area contributed by atoms with Gasteiger partial charge in [-0.3, -0.25) is 0 Å². The molecule has 0 spiro atoms. The zero-order chi connectivity index (χ0) is 12.0. The van der Waals surface area contributed by atoms with Gasteiger partial charge >= 0.3 is 6.03 Å². The molecule has 2 amide bonds. The molecule has 0 bridgehead atoms. The monoisotopic (exact) mass is 216 g/mol. The number of primary amides is 2. The van der Waals surface area contributed by atoms with Gasteiger partial charge in [0, 0.05) is 0 Å². The minimum Gasteiger partial charge on any atom is -0.393 e. The second kappa shape index (κ2) is 6.67. The van der Waals surface area contributed by atoms with Crippen LogP contribution < -0.4 is 11.5 Å². The lowest BCUT2D eigenvalue weighted by Crippen LogP contribution is -2.31. The van der Waals surface area contributed by atoms with E-state index in [9.17, 15) is 5.11 Å². The molecule has 1 aliphatic rings. The Morgan fingerprint density at radius 2 is 1.80 bits per heavy atom. The number of urea groups is 1. The Bertz CT molecular complexity index is 191. The van der Waals surface area contributed by atoms with Gasteiger partial charge in [0.05, 0.1) is 6.10 Å². The maximum Gasteiger partial charge on any atom is 0.309 e. The fraction of sp³-hybridized carbons (Fsp3) is 0.909. The molecular weight excluding hydrogens is 192 g/mol. The summed E-state index contributed by atoms with van der Waals surface area (Å²) in [5.74, 6) is 1.95. The van der Waals surface area contributed by atoms with Crippen LogP contribution in [0.1, 0.15) is 40.0 Å². The van der Waals surface area contributed by atoms with E-state index >= 15 is 0 Å². The molecule has 3 atom stereocenters. The lowest BCUT2D eigenvalue weighted by atomic mass is 9.75. The van der Waals surface area contributed by atoms with Crippen molar-refractivity contribution in [2.75, 3.05) is 0 Å². The number of nitrogens with two attached hydrogens (primary N) is 2. The van der Waals surface area contributed by atoms with Crippen molar-refractivity contribution in [3.8, 4) is 0 Å². The molecule has 0 aliphatic heterocycles. The van der Waals surface area contributed by atoms with Crippen LogP contribution in [0.3, 0.4) is 0 Å². The van der Waals surface area contributed by atoms with Crippen LogP contribution in [0.4, 0.5) is 4.79 Å². The molecule has 5 N–H and O–H groups in total. The van der Waals surface area contributed by atoms with E-state index in [1.54, 1.807) is 0 Å². The molecule has 0 saturated heterocycles. The molecular formula is C11H24N2O2. The molecule has 0 heterocycles. The number of hydrogen-bond acceptors (Lipinski definition) is 2. The minimum atomic E-state index is -0.833. The predicted octanol–water partition coefficient (Wildman–Crippen LogP) is 1.46. The second-order valence-corrected chi connectivity index (χ2v) is 4.80. The standard InChI is InChI=1S/C10H20O.CH4N2O/c1-7(2)9-5-4-8(3)6-10(9)11;2-1(3)4/h7-11H,4-6H2,1-3H3;(H4,2,3,4). The van der Waals surface area contributed by atoms with Gasteiger partial charge in [0.1, 0.15) is 0 Å². The minimum absolute atomic E-state index is 0.0289. The Morgan fingerprint density at radius 1 is 1.33 bits per heavy atom. The molecule has 15 heavy (non-hydrogen) atoms. The normalized spacial score (nSPS) is 30.6. The van der Waals surface area contributed by atoms with E-state index in [0.717, 1.165) is 12.3 Å². The average Bonchev–Trinajstić information content (AvgIpc) is 2.01. The third-order valence-corrected chi connectivity index (χ3v) is 2.99. The first kappa shape index (κ1) is 14.2. The highest BCUT2D eigenvalue weighted by Gasteiger charge is 2.28. The van der Waals surface area contributed by atoms with Crippen LogP contribution in [-0.2, 0) is 0 Å². The summed E-state index contributed by atoms with van der Waals surface area (Å²) < 4.78 is 0. The van der Waals surface area contributed by atoms with E-state index in [1.165, 1.54) is 12.8 Å². The Labute approximate surface area is 92.0 Å². The fourth-order valence-electron chi connectivity index (χ4n) is 2.15. The van der Waals surface area contributed by atoms with E-state index in [-0.39, 0.29) is 6.10 Å². The maximum atomic E-state index is 9.71. The number of carbonyl (C=O) groups excluding carboxylic acids is 1. The maximum absolute atomic E-state index is 9.71. The Hall–Kier alpha value is -0.770. The molecule has 0 aromatic heterocycles. The molecule has 0 aromatic carbocycles. The summed E-state index contributed by atoms with van der Waals surface area (Å²) in [6, 6.07) is -0.833. The molecule has 0 aromatic rings. The van der Waals surface area contributed by atoms with Crippen LogP contribution in [0.15, 0.2) is 0 Å². The largest absolute Gasteiger partial charge is 0.393 e.